The molecule has 1 aromatic heterocycles. The maximum Gasteiger partial charge on any atom is 0.264 e. The molecule has 1 aliphatic rings. The normalized spacial score (nSPS) is 16.9. The van der Waals surface area contributed by atoms with Crippen molar-refractivity contribution in [2.24, 2.45) is 5.92 Å². The van der Waals surface area contributed by atoms with Gasteiger partial charge in [0.25, 0.3) is 5.91 Å². The molecule has 4 nitrogen and oxygen atoms in total. The van der Waals surface area contributed by atoms with Crippen LogP contribution in [0.1, 0.15) is 38.4 Å². The lowest BCUT2D eigenvalue weighted by molar-refractivity contribution is 0.0640. The second-order valence-electron chi connectivity index (χ2n) is 7.32. The molecule has 2 heterocycles. The number of ketones is 1. The third-order valence-electron chi connectivity index (χ3n) is 5.47. The zero-order chi connectivity index (χ0) is 19.7. The van der Waals surface area contributed by atoms with Crippen molar-refractivity contribution in [3.8, 4) is 5.75 Å². The van der Waals surface area contributed by atoms with Gasteiger partial charge in [-0.2, -0.15) is 0 Å². The van der Waals surface area contributed by atoms with E-state index in [1.54, 1.807) is 7.11 Å². The Hall–Kier alpha value is -2.66. The van der Waals surface area contributed by atoms with Crippen LogP contribution >= 0.6 is 11.3 Å². The number of benzene rings is 2. The molecule has 28 heavy (non-hydrogen) atoms. The lowest BCUT2D eigenvalue weighted by Gasteiger charge is -2.32. The van der Waals surface area contributed by atoms with E-state index in [0.29, 0.717) is 12.1 Å². The van der Waals surface area contributed by atoms with Gasteiger partial charge in [0.15, 0.2) is 5.78 Å². The molecular formula is C23H23NO3S. The molecule has 1 fully saturated rings. The van der Waals surface area contributed by atoms with Crippen molar-refractivity contribution in [2.45, 2.75) is 19.8 Å². The first kappa shape index (κ1) is 18.7. The molecule has 4 rings (SSSR count). The van der Waals surface area contributed by atoms with Crippen molar-refractivity contribution in [3.05, 3.63) is 63.8 Å². The minimum Gasteiger partial charge on any atom is -0.497 e. The number of likely N-dealkylation sites (tertiary alicyclic amines) is 1. The summed E-state index contributed by atoms with van der Waals surface area (Å²) < 4.78 is 5.26. The molecule has 1 aliphatic heterocycles. The van der Waals surface area contributed by atoms with Crippen LogP contribution in [0, 0.1) is 12.8 Å². The number of hydrogen-bond acceptors (Lipinski definition) is 4. The summed E-state index contributed by atoms with van der Waals surface area (Å²) in [7, 11) is 1.65. The van der Waals surface area contributed by atoms with Crippen LogP contribution in [0.2, 0.25) is 0 Å². The molecule has 0 saturated carbocycles. The van der Waals surface area contributed by atoms with Gasteiger partial charge in [0.05, 0.1) is 12.0 Å². The molecule has 144 valence electrons. The fourth-order valence-electron chi connectivity index (χ4n) is 3.85. The standard InChI is InChI=1S/C23H23NO3S/c1-15-9-11-28-22(15)23(26)24-10-3-4-19(14-24)21(25)18-6-5-17-13-20(27-2)8-7-16(17)12-18/h5-9,11-13,19H,3-4,10,14H2,1-2H3/t19-/m0/s1. The Morgan fingerprint density at radius 1 is 1.11 bits per heavy atom. The van der Waals surface area contributed by atoms with E-state index >= 15 is 0 Å². The van der Waals surface area contributed by atoms with Crippen LogP contribution in [0.4, 0.5) is 0 Å². The summed E-state index contributed by atoms with van der Waals surface area (Å²) in [6.07, 6.45) is 1.68. The summed E-state index contributed by atoms with van der Waals surface area (Å²) in [5, 5.41) is 4.01. The van der Waals surface area contributed by atoms with Gasteiger partial charge < -0.3 is 9.64 Å². The van der Waals surface area contributed by atoms with E-state index in [-0.39, 0.29) is 17.6 Å². The van der Waals surface area contributed by atoms with E-state index in [1.165, 1.54) is 11.3 Å². The first-order chi connectivity index (χ1) is 13.6. The number of methoxy groups -OCH3 is 1. The number of rotatable bonds is 4. The monoisotopic (exact) mass is 393 g/mol. The summed E-state index contributed by atoms with van der Waals surface area (Å²) in [6, 6.07) is 13.6. The van der Waals surface area contributed by atoms with E-state index in [4.69, 9.17) is 4.74 Å². The molecule has 1 amide bonds. The number of aryl methyl sites for hydroxylation is 1. The second-order valence-corrected chi connectivity index (χ2v) is 8.23. The van der Waals surface area contributed by atoms with Crippen LogP contribution in [0.5, 0.6) is 5.75 Å². The fraction of sp³-hybridized carbons (Fsp3) is 0.304. The predicted octanol–water partition coefficient (Wildman–Crippen LogP) is 4.95. The van der Waals surface area contributed by atoms with Gasteiger partial charge in [-0.1, -0.05) is 18.2 Å². The van der Waals surface area contributed by atoms with Gasteiger partial charge in [0.2, 0.25) is 0 Å². The van der Waals surface area contributed by atoms with Gasteiger partial charge in [-0.25, -0.2) is 0 Å². The number of fused-ring (bicyclic) bond motifs is 1. The largest absolute Gasteiger partial charge is 0.497 e. The molecule has 3 aromatic rings. The minimum absolute atomic E-state index is 0.0515. The first-order valence-electron chi connectivity index (χ1n) is 9.52. The average molecular weight is 394 g/mol. The van der Waals surface area contributed by atoms with Crippen molar-refractivity contribution in [3.63, 3.8) is 0 Å². The SMILES string of the molecule is COc1ccc2cc(C(=O)[C@H]3CCCN(C(=O)c4sccc4C)C3)ccc2c1. The zero-order valence-electron chi connectivity index (χ0n) is 16.1. The maximum absolute atomic E-state index is 13.1. The maximum atomic E-state index is 13.1. The fourth-order valence-corrected chi connectivity index (χ4v) is 4.74. The van der Waals surface area contributed by atoms with Crippen LogP contribution in [-0.2, 0) is 0 Å². The lowest BCUT2D eigenvalue weighted by Crippen LogP contribution is -2.42. The molecule has 0 unspecified atom stereocenters. The number of amides is 1. The Balaban J connectivity index is 1.53. The zero-order valence-corrected chi connectivity index (χ0v) is 16.9. The summed E-state index contributed by atoms with van der Waals surface area (Å²) >= 11 is 1.48. The van der Waals surface area contributed by atoms with E-state index in [0.717, 1.165) is 46.3 Å². The molecule has 0 radical (unpaired) electrons. The van der Waals surface area contributed by atoms with Gasteiger partial charge in [0.1, 0.15) is 5.75 Å². The number of carbonyl (C=O) groups excluding carboxylic acids is 2. The van der Waals surface area contributed by atoms with Crippen molar-refractivity contribution >= 4 is 33.8 Å². The summed E-state index contributed by atoms with van der Waals surface area (Å²) in [6.45, 7) is 3.17. The Labute approximate surface area is 168 Å². The molecule has 2 aromatic carbocycles. The van der Waals surface area contributed by atoms with Crippen molar-refractivity contribution in [1.29, 1.82) is 0 Å². The average Bonchev–Trinajstić information content (AvgIpc) is 3.17. The summed E-state index contributed by atoms with van der Waals surface area (Å²) in [4.78, 5) is 28.6. The molecule has 0 N–H and O–H groups in total. The lowest BCUT2D eigenvalue weighted by atomic mass is 9.89. The number of Topliss-reactive ketones (excluding diaryl/α,β-unsaturated/α-hetero) is 1. The number of piperidine rings is 1. The molecule has 5 heteroatoms. The molecule has 0 bridgehead atoms. The third kappa shape index (κ3) is 3.54. The highest BCUT2D eigenvalue weighted by Gasteiger charge is 2.30. The van der Waals surface area contributed by atoms with Crippen LogP contribution in [0.25, 0.3) is 10.8 Å². The predicted molar refractivity (Wildman–Crippen MR) is 113 cm³/mol. The summed E-state index contributed by atoms with van der Waals surface area (Å²) in [5.41, 5.74) is 1.72. The van der Waals surface area contributed by atoms with Gasteiger partial charge in [-0.3, -0.25) is 9.59 Å². The number of ether oxygens (including phenoxy) is 1. The van der Waals surface area contributed by atoms with Gasteiger partial charge >= 0.3 is 0 Å². The Bertz CT molecular complexity index is 1040. The van der Waals surface area contributed by atoms with Gasteiger partial charge in [-0.15, -0.1) is 11.3 Å². The highest BCUT2D eigenvalue weighted by atomic mass is 32.1. The molecule has 1 atom stereocenters. The first-order valence-corrected chi connectivity index (χ1v) is 10.4. The van der Waals surface area contributed by atoms with Crippen LogP contribution < -0.4 is 4.74 Å². The van der Waals surface area contributed by atoms with Crippen LogP contribution in [-0.4, -0.2) is 36.8 Å². The van der Waals surface area contributed by atoms with Crippen molar-refractivity contribution < 1.29 is 14.3 Å². The number of carbonyl (C=O) groups is 2. The molecule has 1 saturated heterocycles. The van der Waals surface area contributed by atoms with E-state index in [1.807, 2.05) is 59.7 Å². The van der Waals surface area contributed by atoms with Crippen LogP contribution in [0.3, 0.4) is 0 Å². The smallest absolute Gasteiger partial charge is 0.264 e. The van der Waals surface area contributed by atoms with E-state index in [2.05, 4.69) is 0 Å². The van der Waals surface area contributed by atoms with Gasteiger partial charge in [-0.05, 0) is 65.7 Å². The number of nitrogens with zero attached hydrogens (tertiary/aromatic N) is 1. The molecule has 0 spiro atoms. The highest BCUT2D eigenvalue weighted by molar-refractivity contribution is 7.12. The van der Waals surface area contributed by atoms with Crippen LogP contribution in [0.15, 0.2) is 47.8 Å². The number of hydrogen-bond donors (Lipinski definition) is 0. The van der Waals surface area contributed by atoms with Crippen molar-refractivity contribution in [1.82, 2.24) is 4.90 Å². The highest BCUT2D eigenvalue weighted by Crippen LogP contribution is 2.27. The number of thiophene rings is 1. The van der Waals surface area contributed by atoms with E-state index < -0.39 is 0 Å². The Kier molecular flexibility index (Phi) is 5.18. The molecule has 0 aliphatic carbocycles. The quantitative estimate of drug-likeness (QED) is 0.589. The van der Waals surface area contributed by atoms with E-state index in [9.17, 15) is 9.59 Å². The van der Waals surface area contributed by atoms with Crippen molar-refractivity contribution in [2.75, 3.05) is 20.2 Å². The second kappa shape index (κ2) is 7.76. The summed E-state index contributed by atoms with van der Waals surface area (Å²) in [5.74, 6) is 0.833. The third-order valence-corrected chi connectivity index (χ3v) is 6.47. The van der Waals surface area contributed by atoms with Gasteiger partial charge in [0, 0.05) is 24.6 Å². The Morgan fingerprint density at radius 2 is 1.89 bits per heavy atom. The topological polar surface area (TPSA) is 46.6 Å². The Morgan fingerprint density at radius 3 is 2.64 bits per heavy atom. The molecular weight excluding hydrogens is 370 g/mol. The minimum atomic E-state index is -0.145.